The van der Waals surface area contributed by atoms with Gasteiger partial charge in [0.2, 0.25) is 5.91 Å². The van der Waals surface area contributed by atoms with E-state index in [4.69, 9.17) is 0 Å². The number of rotatable bonds is 5. The number of halogens is 4. The van der Waals surface area contributed by atoms with E-state index in [9.17, 15) is 18.0 Å². The third kappa shape index (κ3) is 6.88. The molecule has 37 heavy (non-hydrogen) atoms. The van der Waals surface area contributed by atoms with Crippen molar-refractivity contribution in [2.45, 2.75) is 51.4 Å². The summed E-state index contributed by atoms with van der Waals surface area (Å²) in [6.45, 7) is 5.71. The lowest BCUT2D eigenvalue weighted by molar-refractivity contribution is -0.137. The molecule has 1 saturated heterocycles. The second-order valence-electron chi connectivity index (χ2n) is 10.4. The standard InChI is InChI=1S/C29H34F3N3O.ClH/c30-29(31,32)26-6-3-7-27(19-26)34-16-14-33(15-17-34)13-12-22-8-10-23(11-9-22)18-28(36)35-20-24-4-1-2-5-25(24)21-35;/h1-7,18-19,22H,8-17,20-21H2;1H. The first-order chi connectivity index (χ1) is 17.3. The summed E-state index contributed by atoms with van der Waals surface area (Å²) in [6.07, 6.45) is 2.98. The Bertz CT molecular complexity index is 1080. The lowest BCUT2D eigenvalue weighted by Crippen LogP contribution is -2.47. The summed E-state index contributed by atoms with van der Waals surface area (Å²) in [5.74, 6) is 0.813. The molecule has 1 saturated carbocycles. The number of hydrogen-bond donors (Lipinski definition) is 0. The van der Waals surface area contributed by atoms with Crippen molar-refractivity contribution in [1.82, 2.24) is 9.80 Å². The number of hydrogen-bond acceptors (Lipinski definition) is 3. The molecule has 3 aliphatic rings. The number of carbonyl (C=O) groups is 1. The van der Waals surface area contributed by atoms with Crippen molar-refractivity contribution in [3.63, 3.8) is 0 Å². The third-order valence-electron chi connectivity index (χ3n) is 7.99. The van der Waals surface area contributed by atoms with Gasteiger partial charge in [-0.3, -0.25) is 9.69 Å². The van der Waals surface area contributed by atoms with Crippen molar-refractivity contribution in [3.05, 3.63) is 76.9 Å². The molecule has 200 valence electrons. The number of allylic oxidation sites excluding steroid dienone is 1. The van der Waals surface area contributed by atoms with Crippen molar-refractivity contribution in [2.75, 3.05) is 37.6 Å². The number of nitrogens with zero attached hydrogens (tertiary/aromatic N) is 3. The largest absolute Gasteiger partial charge is 0.416 e. The number of alkyl halides is 3. The topological polar surface area (TPSA) is 26.8 Å². The SMILES string of the molecule is Cl.O=C(C=C1CCC(CCN2CCN(c3cccc(C(F)(F)F)c3)CC2)CC1)N1Cc2ccccc2C1. The fourth-order valence-electron chi connectivity index (χ4n) is 5.71. The molecule has 0 atom stereocenters. The molecule has 2 aromatic rings. The Balaban J connectivity index is 0.00000320. The Morgan fingerprint density at radius 2 is 1.57 bits per heavy atom. The Hall–Kier alpha value is -2.51. The van der Waals surface area contributed by atoms with E-state index >= 15 is 0 Å². The van der Waals surface area contributed by atoms with E-state index in [0.717, 1.165) is 70.9 Å². The highest BCUT2D eigenvalue weighted by Gasteiger charge is 2.31. The summed E-state index contributed by atoms with van der Waals surface area (Å²) >= 11 is 0. The normalized spacial score (nSPS) is 20.4. The maximum Gasteiger partial charge on any atom is 0.416 e. The van der Waals surface area contributed by atoms with E-state index in [-0.39, 0.29) is 18.3 Å². The number of amides is 1. The quantitative estimate of drug-likeness (QED) is 0.422. The first-order valence-electron chi connectivity index (χ1n) is 13.0. The van der Waals surface area contributed by atoms with Crippen molar-refractivity contribution in [1.29, 1.82) is 0 Å². The molecule has 8 heteroatoms. The molecular formula is C29H35ClF3N3O. The number of piperazine rings is 1. The van der Waals surface area contributed by atoms with Gasteiger partial charge in [0.15, 0.2) is 0 Å². The molecule has 2 heterocycles. The monoisotopic (exact) mass is 533 g/mol. The lowest BCUT2D eigenvalue weighted by atomic mass is 9.83. The summed E-state index contributed by atoms with van der Waals surface area (Å²) in [5, 5.41) is 0. The van der Waals surface area contributed by atoms with Gasteiger partial charge in [0.05, 0.1) is 5.56 Å². The molecule has 1 amide bonds. The maximum absolute atomic E-state index is 13.0. The zero-order valence-corrected chi connectivity index (χ0v) is 21.9. The van der Waals surface area contributed by atoms with Crippen LogP contribution >= 0.6 is 12.4 Å². The highest BCUT2D eigenvalue weighted by molar-refractivity contribution is 5.88. The summed E-state index contributed by atoms with van der Waals surface area (Å²) in [4.78, 5) is 19.2. The van der Waals surface area contributed by atoms with Crippen LogP contribution in [0.4, 0.5) is 18.9 Å². The molecule has 0 bridgehead atoms. The lowest BCUT2D eigenvalue weighted by Gasteiger charge is -2.37. The summed E-state index contributed by atoms with van der Waals surface area (Å²) < 4.78 is 39.1. The third-order valence-corrected chi connectivity index (χ3v) is 7.99. The second-order valence-corrected chi connectivity index (χ2v) is 10.4. The van der Waals surface area contributed by atoms with E-state index in [1.807, 2.05) is 23.1 Å². The van der Waals surface area contributed by atoms with Crippen LogP contribution in [-0.4, -0.2) is 48.4 Å². The number of anilines is 1. The minimum atomic E-state index is -4.31. The minimum Gasteiger partial charge on any atom is -0.369 e. The van der Waals surface area contributed by atoms with Crippen LogP contribution in [0.25, 0.3) is 0 Å². The highest BCUT2D eigenvalue weighted by atomic mass is 35.5. The van der Waals surface area contributed by atoms with E-state index in [0.29, 0.717) is 24.7 Å². The van der Waals surface area contributed by atoms with E-state index < -0.39 is 11.7 Å². The van der Waals surface area contributed by atoms with Crippen LogP contribution in [0.1, 0.15) is 48.8 Å². The minimum absolute atomic E-state index is 0. The summed E-state index contributed by atoms with van der Waals surface area (Å²) in [6, 6.07) is 13.9. The van der Waals surface area contributed by atoms with Crippen LogP contribution in [0.3, 0.4) is 0 Å². The summed E-state index contributed by atoms with van der Waals surface area (Å²) in [7, 11) is 0. The van der Waals surface area contributed by atoms with Gasteiger partial charge in [0.1, 0.15) is 0 Å². The molecule has 4 nitrogen and oxygen atoms in total. The molecule has 0 aromatic heterocycles. The fraction of sp³-hybridized carbons (Fsp3) is 0.483. The fourth-order valence-corrected chi connectivity index (χ4v) is 5.71. The Labute approximate surface area is 223 Å². The van der Waals surface area contributed by atoms with Crippen LogP contribution in [0.5, 0.6) is 0 Å². The number of benzene rings is 2. The zero-order chi connectivity index (χ0) is 25.1. The number of carbonyl (C=O) groups excluding carboxylic acids is 1. The Morgan fingerprint density at radius 1 is 0.919 bits per heavy atom. The van der Waals surface area contributed by atoms with Crippen molar-refractivity contribution in [2.24, 2.45) is 5.92 Å². The number of fused-ring (bicyclic) bond motifs is 1. The van der Waals surface area contributed by atoms with Gasteiger partial charge in [-0.1, -0.05) is 35.9 Å². The van der Waals surface area contributed by atoms with Gasteiger partial charge in [-0.25, -0.2) is 0 Å². The molecule has 2 fully saturated rings. The van der Waals surface area contributed by atoms with Crippen molar-refractivity contribution < 1.29 is 18.0 Å². The van der Waals surface area contributed by atoms with Crippen molar-refractivity contribution >= 4 is 24.0 Å². The first kappa shape index (κ1) is 27.5. The molecule has 1 aliphatic carbocycles. The van der Waals surface area contributed by atoms with E-state index in [2.05, 4.69) is 21.9 Å². The average Bonchev–Trinajstić information content (AvgIpc) is 3.33. The first-order valence-corrected chi connectivity index (χ1v) is 13.0. The molecule has 0 unspecified atom stereocenters. The van der Waals surface area contributed by atoms with Crippen LogP contribution in [-0.2, 0) is 24.1 Å². The van der Waals surface area contributed by atoms with Gasteiger partial charge in [-0.05, 0) is 73.9 Å². The predicted molar refractivity (Wildman–Crippen MR) is 143 cm³/mol. The van der Waals surface area contributed by atoms with Gasteiger partial charge in [0, 0.05) is 51.0 Å². The van der Waals surface area contributed by atoms with Crippen LogP contribution in [0.15, 0.2) is 60.2 Å². The molecule has 5 rings (SSSR count). The van der Waals surface area contributed by atoms with Gasteiger partial charge in [-0.15, -0.1) is 12.4 Å². The Morgan fingerprint density at radius 3 is 2.19 bits per heavy atom. The highest BCUT2D eigenvalue weighted by Crippen LogP contribution is 2.33. The van der Waals surface area contributed by atoms with Crippen molar-refractivity contribution in [3.8, 4) is 0 Å². The smallest absolute Gasteiger partial charge is 0.369 e. The maximum atomic E-state index is 13.0. The molecule has 0 N–H and O–H groups in total. The molecule has 2 aromatic carbocycles. The van der Waals surface area contributed by atoms with Gasteiger partial charge < -0.3 is 9.80 Å². The molecular weight excluding hydrogens is 499 g/mol. The second kappa shape index (κ2) is 11.9. The Kier molecular flexibility index (Phi) is 8.86. The van der Waals surface area contributed by atoms with Crippen LogP contribution in [0.2, 0.25) is 0 Å². The van der Waals surface area contributed by atoms with Crippen LogP contribution in [0, 0.1) is 5.92 Å². The van der Waals surface area contributed by atoms with Gasteiger partial charge in [-0.2, -0.15) is 13.2 Å². The predicted octanol–water partition coefficient (Wildman–Crippen LogP) is 6.30. The molecule has 0 radical (unpaired) electrons. The van der Waals surface area contributed by atoms with E-state index in [1.54, 1.807) is 6.07 Å². The van der Waals surface area contributed by atoms with E-state index in [1.165, 1.54) is 28.8 Å². The van der Waals surface area contributed by atoms with Gasteiger partial charge >= 0.3 is 6.18 Å². The van der Waals surface area contributed by atoms with Crippen LogP contribution < -0.4 is 4.90 Å². The average molecular weight is 534 g/mol. The molecule has 2 aliphatic heterocycles. The van der Waals surface area contributed by atoms with Gasteiger partial charge in [0.25, 0.3) is 0 Å². The summed E-state index contributed by atoms with van der Waals surface area (Å²) in [5.41, 5.74) is 3.86. The zero-order valence-electron chi connectivity index (χ0n) is 21.1. The molecule has 0 spiro atoms.